The largest absolute Gasteiger partial charge is 0.481 e. The van der Waals surface area contributed by atoms with Crippen LogP contribution in [-0.2, 0) is 0 Å². The normalized spacial score (nSPS) is 12.3. The molecule has 0 aliphatic heterocycles. The van der Waals surface area contributed by atoms with Crippen LogP contribution in [0.2, 0.25) is 0 Å². The first-order chi connectivity index (χ1) is 8.06. The van der Waals surface area contributed by atoms with Gasteiger partial charge in [-0.25, -0.2) is 4.98 Å². The molecule has 0 aliphatic rings. The highest BCUT2D eigenvalue weighted by atomic mass is 16.5. The van der Waals surface area contributed by atoms with Crippen molar-refractivity contribution in [3.8, 4) is 5.88 Å². The van der Waals surface area contributed by atoms with Crippen molar-refractivity contribution in [1.82, 2.24) is 15.3 Å². The Morgan fingerprint density at radius 1 is 1.47 bits per heavy atom. The molecule has 1 heterocycles. The van der Waals surface area contributed by atoms with Crippen LogP contribution in [-0.4, -0.2) is 44.3 Å². The van der Waals surface area contributed by atoms with Crippen LogP contribution in [0.5, 0.6) is 5.88 Å². The molecule has 0 aliphatic carbocycles. The van der Waals surface area contributed by atoms with E-state index >= 15 is 0 Å². The average molecular weight is 238 g/mol. The Bertz CT molecular complexity index is 356. The Hall–Kier alpha value is -1.36. The summed E-state index contributed by atoms with van der Waals surface area (Å²) in [7, 11) is 5.58. The number of aromatic nitrogens is 2. The van der Waals surface area contributed by atoms with Crippen molar-refractivity contribution < 1.29 is 4.74 Å². The van der Waals surface area contributed by atoms with Crippen LogP contribution >= 0.6 is 0 Å². The lowest BCUT2D eigenvalue weighted by molar-refractivity contribution is 0.396. The van der Waals surface area contributed by atoms with E-state index in [4.69, 9.17) is 4.74 Å². The van der Waals surface area contributed by atoms with Crippen molar-refractivity contribution in [2.75, 3.05) is 39.2 Å². The first kappa shape index (κ1) is 13.7. The van der Waals surface area contributed by atoms with Gasteiger partial charge < -0.3 is 15.0 Å². The van der Waals surface area contributed by atoms with Crippen LogP contribution in [0, 0.1) is 12.8 Å². The van der Waals surface area contributed by atoms with Gasteiger partial charge in [0.25, 0.3) is 0 Å². The molecule has 0 fully saturated rings. The maximum Gasteiger partial charge on any atom is 0.228 e. The summed E-state index contributed by atoms with van der Waals surface area (Å²) in [6, 6.07) is 1.83. The van der Waals surface area contributed by atoms with E-state index < -0.39 is 0 Å². The molecule has 1 aromatic heterocycles. The maximum atomic E-state index is 5.15. The van der Waals surface area contributed by atoms with Gasteiger partial charge in [0.05, 0.1) is 7.11 Å². The summed E-state index contributed by atoms with van der Waals surface area (Å²) in [4.78, 5) is 10.8. The fourth-order valence-corrected chi connectivity index (χ4v) is 1.76. The first-order valence-corrected chi connectivity index (χ1v) is 5.82. The molecular weight excluding hydrogens is 216 g/mol. The summed E-state index contributed by atoms with van der Waals surface area (Å²) in [6.07, 6.45) is 0. The predicted molar refractivity (Wildman–Crippen MR) is 69.7 cm³/mol. The minimum atomic E-state index is 0.542. The number of nitrogens with zero attached hydrogens (tertiary/aromatic N) is 3. The van der Waals surface area contributed by atoms with Crippen LogP contribution < -0.4 is 15.0 Å². The van der Waals surface area contributed by atoms with E-state index in [-0.39, 0.29) is 0 Å². The molecule has 5 heteroatoms. The van der Waals surface area contributed by atoms with Crippen LogP contribution in [0.15, 0.2) is 6.07 Å². The van der Waals surface area contributed by atoms with Crippen molar-refractivity contribution in [2.24, 2.45) is 5.92 Å². The summed E-state index contributed by atoms with van der Waals surface area (Å²) >= 11 is 0. The molecule has 0 saturated heterocycles. The van der Waals surface area contributed by atoms with Crippen LogP contribution in [0.3, 0.4) is 0 Å². The Morgan fingerprint density at radius 3 is 2.76 bits per heavy atom. The number of hydrogen-bond donors (Lipinski definition) is 1. The zero-order chi connectivity index (χ0) is 12.8. The van der Waals surface area contributed by atoms with Gasteiger partial charge in [-0.2, -0.15) is 4.98 Å². The third-order valence-electron chi connectivity index (χ3n) is 2.51. The molecule has 0 amide bonds. The summed E-state index contributed by atoms with van der Waals surface area (Å²) in [6.45, 7) is 6.03. The first-order valence-electron chi connectivity index (χ1n) is 5.82. The fraction of sp³-hybridized carbons (Fsp3) is 0.667. The molecule has 96 valence electrons. The molecule has 0 spiro atoms. The van der Waals surface area contributed by atoms with Crippen molar-refractivity contribution in [1.29, 1.82) is 0 Å². The lowest BCUT2D eigenvalue weighted by atomic mass is 10.2. The molecular formula is C12H22N4O. The summed E-state index contributed by atoms with van der Waals surface area (Å²) in [5.74, 6) is 1.87. The third-order valence-corrected chi connectivity index (χ3v) is 2.51. The molecule has 1 unspecified atom stereocenters. The number of hydrogen-bond acceptors (Lipinski definition) is 5. The Labute approximate surface area is 103 Å². The number of aryl methyl sites for hydroxylation is 1. The van der Waals surface area contributed by atoms with Gasteiger partial charge in [0.1, 0.15) is 0 Å². The van der Waals surface area contributed by atoms with Crippen molar-refractivity contribution in [2.45, 2.75) is 13.8 Å². The van der Waals surface area contributed by atoms with Gasteiger partial charge in [-0.3, -0.25) is 0 Å². The monoisotopic (exact) mass is 238 g/mol. The molecule has 0 aromatic carbocycles. The second-order valence-electron chi connectivity index (χ2n) is 4.40. The van der Waals surface area contributed by atoms with E-state index in [0.717, 1.165) is 18.8 Å². The Balaban J connectivity index is 2.74. The second kappa shape index (κ2) is 6.39. The number of anilines is 1. The highest BCUT2D eigenvalue weighted by Gasteiger charge is 2.10. The highest BCUT2D eigenvalue weighted by molar-refractivity contribution is 5.33. The Morgan fingerprint density at radius 2 is 2.18 bits per heavy atom. The van der Waals surface area contributed by atoms with Crippen LogP contribution in [0.4, 0.5) is 5.95 Å². The van der Waals surface area contributed by atoms with E-state index in [1.807, 2.05) is 27.1 Å². The molecule has 0 saturated carbocycles. The van der Waals surface area contributed by atoms with Gasteiger partial charge in [-0.1, -0.05) is 6.92 Å². The van der Waals surface area contributed by atoms with E-state index in [2.05, 4.69) is 27.1 Å². The van der Waals surface area contributed by atoms with Crippen molar-refractivity contribution in [3.63, 3.8) is 0 Å². The fourth-order valence-electron chi connectivity index (χ4n) is 1.76. The maximum absolute atomic E-state index is 5.15. The van der Waals surface area contributed by atoms with Gasteiger partial charge in [-0.15, -0.1) is 0 Å². The second-order valence-corrected chi connectivity index (χ2v) is 4.40. The van der Waals surface area contributed by atoms with Gasteiger partial charge in [-0.05, 0) is 26.4 Å². The lowest BCUT2D eigenvalue weighted by Gasteiger charge is -2.21. The molecule has 1 N–H and O–H groups in total. The quantitative estimate of drug-likeness (QED) is 0.804. The van der Waals surface area contributed by atoms with E-state index in [1.165, 1.54) is 0 Å². The molecule has 17 heavy (non-hydrogen) atoms. The van der Waals surface area contributed by atoms with E-state index in [9.17, 15) is 0 Å². The number of nitrogens with one attached hydrogen (secondary N) is 1. The third kappa shape index (κ3) is 4.19. The summed E-state index contributed by atoms with van der Waals surface area (Å²) < 4.78 is 5.15. The minimum absolute atomic E-state index is 0.542. The van der Waals surface area contributed by atoms with Gasteiger partial charge >= 0.3 is 0 Å². The van der Waals surface area contributed by atoms with Gasteiger partial charge in [0, 0.05) is 25.4 Å². The number of rotatable bonds is 6. The molecule has 0 radical (unpaired) electrons. The van der Waals surface area contributed by atoms with Gasteiger partial charge in [0.2, 0.25) is 11.8 Å². The van der Waals surface area contributed by atoms with Crippen LogP contribution in [0.1, 0.15) is 12.6 Å². The molecule has 5 nitrogen and oxygen atoms in total. The zero-order valence-electron chi connectivity index (χ0n) is 11.3. The molecule has 0 bridgehead atoms. The number of methoxy groups -OCH3 is 1. The minimum Gasteiger partial charge on any atom is -0.481 e. The number of ether oxygens (including phenoxy) is 1. The van der Waals surface area contributed by atoms with Crippen molar-refractivity contribution >= 4 is 5.95 Å². The standard InChI is InChI=1S/C12H22N4O/c1-9(7-13-3)8-16(4)12-14-10(2)6-11(15-12)17-5/h6,9,13H,7-8H2,1-5H3. The lowest BCUT2D eigenvalue weighted by Crippen LogP contribution is -2.30. The molecule has 1 aromatic rings. The zero-order valence-corrected chi connectivity index (χ0v) is 11.3. The van der Waals surface area contributed by atoms with E-state index in [1.54, 1.807) is 7.11 Å². The topological polar surface area (TPSA) is 50.3 Å². The summed E-state index contributed by atoms with van der Waals surface area (Å²) in [5, 5.41) is 3.17. The molecule has 1 atom stereocenters. The SMILES string of the molecule is CNCC(C)CN(C)c1nc(C)cc(OC)n1. The smallest absolute Gasteiger partial charge is 0.228 e. The average Bonchev–Trinajstić information content (AvgIpc) is 2.28. The van der Waals surface area contributed by atoms with Gasteiger partial charge in [0.15, 0.2) is 0 Å². The summed E-state index contributed by atoms with van der Waals surface area (Å²) in [5.41, 5.74) is 0.917. The Kier molecular flexibility index (Phi) is 5.15. The highest BCUT2D eigenvalue weighted by Crippen LogP contribution is 2.14. The predicted octanol–water partition coefficient (Wildman–Crippen LogP) is 1.09. The van der Waals surface area contributed by atoms with Crippen LogP contribution in [0.25, 0.3) is 0 Å². The van der Waals surface area contributed by atoms with Crippen molar-refractivity contribution in [3.05, 3.63) is 11.8 Å². The molecule has 1 rings (SSSR count). The van der Waals surface area contributed by atoms with E-state index in [0.29, 0.717) is 17.7 Å².